The minimum atomic E-state index is -0.0511. The molecule has 138 valence electrons. The van der Waals surface area contributed by atoms with Crippen molar-refractivity contribution in [1.29, 1.82) is 0 Å². The summed E-state index contributed by atoms with van der Waals surface area (Å²) in [6.07, 6.45) is 7.13. The van der Waals surface area contributed by atoms with Crippen LogP contribution >= 0.6 is 0 Å². The van der Waals surface area contributed by atoms with E-state index in [2.05, 4.69) is 10.1 Å². The van der Waals surface area contributed by atoms with Crippen LogP contribution in [0.2, 0.25) is 0 Å². The van der Waals surface area contributed by atoms with E-state index in [0.29, 0.717) is 37.5 Å². The Morgan fingerprint density at radius 3 is 2.50 bits per heavy atom. The highest BCUT2D eigenvalue weighted by atomic mass is 16.5. The van der Waals surface area contributed by atoms with Gasteiger partial charge >= 0.3 is 0 Å². The van der Waals surface area contributed by atoms with Crippen molar-refractivity contribution in [3.63, 3.8) is 0 Å². The fraction of sp³-hybridized carbons (Fsp3) is 0.579. The van der Waals surface area contributed by atoms with Crippen LogP contribution in [0.4, 0.5) is 0 Å². The number of nitrogens with zero attached hydrogens (tertiary/aromatic N) is 4. The summed E-state index contributed by atoms with van der Waals surface area (Å²) in [4.78, 5) is 33.4. The van der Waals surface area contributed by atoms with Gasteiger partial charge in [-0.2, -0.15) is 0 Å². The summed E-state index contributed by atoms with van der Waals surface area (Å²) < 4.78 is 5.10. The fourth-order valence-corrected chi connectivity index (χ4v) is 3.98. The molecule has 4 rings (SSSR count). The lowest BCUT2D eigenvalue weighted by Gasteiger charge is -2.37. The van der Waals surface area contributed by atoms with E-state index < -0.39 is 0 Å². The van der Waals surface area contributed by atoms with Gasteiger partial charge in [0.2, 0.25) is 5.91 Å². The molecule has 2 fully saturated rings. The Labute approximate surface area is 152 Å². The van der Waals surface area contributed by atoms with Crippen molar-refractivity contribution in [2.75, 3.05) is 26.2 Å². The molecule has 0 radical (unpaired) electrons. The van der Waals surface area contributed by atoms with Gasteiger partial charge in [0.1, 0.15) is 0 Å². The van der Waals surface area contributed by atoms with Crippen LogP contribution in [-0.4, -0.2) is 57.9 Å². The summed E-state index contributed by atoms with van der Waals surface area (Å²) in [5, 5.41) is 4.64. The van der Waals surface area contributed by atoms with Crippen molar-refractivity contribution in [2.45, 2.75) is 39.0 Å². The molecule has 1 saturated carbocycles. The normalized spacial score (nSPS) is 19.1. The molecule has 0 bridgehead atoms. The Bertz CT molecular complexity index is 817. The van der Waals surface area contributed by atoms with E-state index in [1.165, 1.54) is 12.6 Å². The third kappa shape index (κ3) is 3.18. The van der Waals surface area contributed by atoms with Crippen LogP contribution in [0.5, 0.6) is 0 Å². The molecular formula is C19H24N4O3. The topological polar surface area (TPSA) is 79.5 Å². The van der Waals surface area contributed by atoms with Gasteiger partial charge in [-0.3, -0.25) is 9.59 Å². The minimum Gasteiger partial charge on any atom is -0.339 e. The number of piperazine rings is 1. The van der Waals surface area contributed by atoms with Crippen LogP contribution in [0, 0.1) is 12.8 Å². The second-order valence-corrected chi connectivity index (χ2v) is 7.30. The molecule has 0 N–H and O–H groups in total. The van der Waals surface area contributed by atoms with Gasteiger partial charge in [-0.15, -0.1) is 0 Å². The first kappa shape index (κ1) is 17.0. The largest absolute Gasteiger partial charge is 0.339 e. The molecule has 2 amide bonds. The van der Waals surface area contributed by atoms with Gasteiger partial charge in [0, 0.05) is 38.3 Å². The van der Waals surface area contributed by atoms with E-state index in [1.807, 2.05) is 11.8 Å². The Hall–Kier alpha value is -2.44. The summed E-state index contributed by atoms with van der Waals surface area (Å²) in [5.41, 5.74) is 1.71. The number of fused-ring (bicyclic) bond motifs is 1. The van der Waals surface area contributed by atoms with Gasteiger partial charge in [-0.25, -0.2) is 4.98 Å². The number of aryl methyl sites for hydroxylation is 1. The minimum absolute atomic E-state index is 0.0511. The second kappa shape index (κ2) is 7.05. The van der Waals surface area contributed by atoms with Crippen LogP contribution in [0.15, 0.2) is 16.8 Å². The molecule has 1 aliphatic heterocycles. The van der Waals surface area contributed by atoms with E-state index in [1.54, 1.807) is 11.0 Å². The SMILES string of the molecule is Cc1noc2ncc(C(=O)N3CCN(C(=O)C4CCCCC4)CC3)cc12. The molecule has 1 aliphatic carbocycles. The molecule has 2 aromatic heterocycles. The Kier molecular flexibility index (Phi) is 4.61. The summed E-state index contributed by atoms with van der Waals surface area (Å²) in [7, 11) is 0. The lowest BCUT2D eigenvalue weighted by molar-refractivity contribution is -0.138. The maximum atomic E-state index is 12.8. The van der Waals surface area contributed by atoms with E-state index in [9.17, 15) is 9.59 Å². The first-order chi connectivity index (χ1) is 12.6. The van der Waals surface area contributed by atoms with Crippen molar-refractivity contribution in [2.24, 2.45) is 5.92 Å². The molecule has 0 atom stereocenters. The number of hydrogen-bond acceptors (Lipinski definition) is 5. The smallest absolute Gasteiger partial charge is 0.257 e. The third-order valence-corrected chi connectivity index (χ3v) is 5.59. The van der Waals surface area contributed by atoms with Crippen LogP contribution in [0.3, 0.4) is 0 Å². The highest BCUT2D eigenvalue weighted by Gasteiger charge is 2.30. The number of carbonyl (C=O) groups excluding carboxylic acids is 2. The standard InChI is InChI=1S/C19H24N4O3/c1-13-16-11-15(12-20-17(16)26-21-13)19(25)23-9-7-22(8-10-23)18(24)14-5-3-2-4-6-14/h11-12,14H,2-10H2,1H3. The molecular weight excluding hydrogens is 332 g/mol. The predicted molar refractivity (Wildman–Crippen MR) is 95.6 cm³/mol. The first-order valence-electron chi connectivity index (χ1n) is 9.43. The Balaban J connectivity index is 1.39. The highest BCUT2D eigenvalue weighted by Crippen LogP contribution is 2.26. The molecule has 26 heavy (non-hydrogen) atoms. The summed E-state index contributed by atoms with van der Waals surface area (Å²) >= 11 is 0. The van der Waals surface area contributed by atoms with Gasteiger partial charge in [0.15, 0.2) is 0 Å². The molecule has 0 unspecified atom stereocenters. The molecule has 2 aliphatic rings. The second-order valence-electron chi connectivity index (χ2n) is 7.30. The number of pyridine rings is 1. The first-order valence-corrected chi connectivity index (χ1v) is 9.43. The quantitative estimate of drug-likeness (QED) is 0.825. The van der Waals surface area contributed by atoms with Crippen molar-refractivity contribution in [3.8, 4) is 0 Å². The Morgan fingerprint density at radius 1 is 1.08 bits per heavy atom. The van der Waals surface area contributed by atoms with Crippen molar-refractivity contribution in [1.82, 2.24) is 19.9 Å². The van der Waals surface area contributed by atoms with E-state index in [4.69, 9.17) is 4.52 Å². The third-order valence-electron chi connectivity index (χ3n) is 5.59. The molecule has 3 heterocycles. The number of carbonyl (C=O) groups is 2. The van der Waals surface area contributed by atoms with E-state index in [0.717, 1.165) is 36.8 Å². The summed E-state index contributed by atoms with van der Waals surface area (Å²) in [6.45, 7) is 4.19. The van der Waals surface area contributed by atoms with Crippen molar-refractivity contribution in [3.05, 3.63) is 23.5 Å². The zero-order chi connectivity index (χ0) is 18.1. The van der Waals surface area contributed by atoms with Gasteiger partial charge < -0.3 is 14.3 Å². The lowest BCUT2D eigenvalue weighted by Crippen LogP contribution is -2.52. The maximum absolute atomic E-state index is 12.8. The summed E-state index contributed by atoms with van der Waals surface area (Å²) in [5.74, 6) is 0.416. The van der Waals surface area contributed by atoms with Crippen LogP contribution in [-0.2, 0) is 4.79 Å². The average Bonchev–Trinajstić information content (AvgIpc) is 3.08. The van der Waals surface area contributed by atoms with Gasteiger partial charge in [0.25, 0.3) is 11.6 Å². The molecule has 1 saturated heterocycles. The fourth-order valence-electron chi connectivity index (χ4n) is 3.98. The van der Waals surface area contributed by atoms with E-state index in [-0.39, 0.29) is 17.7 Å². The zero-order valence-corrected chi connectivity index (χ0v) is 15.1. The number of aromatic nitrogens is 2. The predicted octanol–water partition coefficient (Wildman–Crippen LogP) is 2.40. The van der Waals surface area contributed by atoms with Crippen LogP contribution in [0.25, 0.3) is 11.1 Å². The van der Waals surface area contributed by atoms with Crippen molar-refractivity contribution < 1.29 is 14.1 Å². The summed E-state index contributed by atoms with van der Waals surface area (Å²) in [6, 6.07) is 1.79. The van der Waals surface area contributed by atoms with Gasteiger partial charge in [-0.1, -0.05) is 24.4 Å². The van der Waals surface area contributed by atoms with Crippen LogP contribution < -0.4 is 0 Å². The Morgan fingerprint density at radius 2 is 1.77 bits per heavy atom. The number of amides is 2. The maximum Gasteiger partial charge on any atom is 0.257 e. The average molecular weight is 356 g/mol. The van der Waals surface area contributed by atoms with E-state index >= 15 is 0 Å². The molecule has 0 aromatic carbocycles. The number of hydrogen-bond donors (Lipinski definition) is 0. The van der Waals surface area contributed by atoms with Gasteiger partial charge in [-0.05, 0) is 25.8 Å². The zero-order valence-electron chi connectivity index (χ0n) is 15.1. The molecule has 7 nitrogen and oxygen atoms in total. The number of rotatable bonds is 2. The molecule has 2 aromatic rings. The van der Waals surface area contributed by atoms with Gasteiger partial charge in [0.05, 0.1) is 16.6 Å². The van der Waals surface area contributed by atoms with Crippen molar-refractivity contribution >= 4 is 22.9 Å². The molecule has 0 spiro atoms. The highest BCUT2D eigenvalue weighted by molar-refractivity contribution is 5.97. The monoisotopic (exact) mass is 356 g/mol. The van der Waals surface area contributed by atoms with Crippen LogP contribution in [0.1, 0.15) is 48.2 Å². The lowest BCUT2D eigenvalue weighted by atomic mass is 9.88. The molecule has 7 heteroatoms.